The first-order valence-corrected chi connectivity index (χ1v) is 8.53. The van der Waals surface area contributed by atoms with Crippen molar-refractivity contribution in [3.63, 3.8) is 0 Å². The second-order valence-electron chi connectivity index (χ2n) is 4.95. The van der Waals surface area contributed by atoms with Crippen LogP contribution in [0.5, 0.6) is 0 Å². The maximum atomic E-state index is 12.2. The lowest BCUT2D eigenvalue weighted by atomic mass is 10.2. The number of esters is 1. The van der Waals surface area contributed by atoms with Crippen LogP contribution in [0.25, 0.3) is 10.1 Å². The number of ether oxygens (including phenoxy) is 2. The van der Waals surface area contributed by atoms with Crippen LogP contribution < -0.4 is 0 Å². The van der Waals surface area contributed by atoms with Gasteiger partial charge in [0.2, 0.25) is 0 Å². The van der Waals surface area contributed by atoms with Crippen LogP contribution in [0.15, 0.2) is 18.2 Å². The van der Waals surface area contributed by atoms with Crippen LogP contribution in [0, 0.1) is 0 Å². The Morgan fingerprint density at radius 2 is 2.00 bits per heavy atom. The van der Waals surface area contributed by atoms with E-state index in [4.69, 9.17) is 32.7 Å². The van der Waals surface area contributed by atoms with Crippen molar-refractivity contribution < 1.29 is 19.1 Å². The van der Waals surface area contributed by atoms with Gasteiger partial charge in [-0.25, -0.2) is 4.79 Å². The number of hydrogen-bond acceptors (Lipinski definition) is 5. The first-order chi connectivity index (χ1) is 11.1. The molecule has 0 saturated carbocycles. The summed E-state index contributed by atoms with van der Waals surface area (Å²) in [5.74, 6) is -0.837. The quantitative estimate of drug-likeness (QED) is 0.775. The SMILES string of the molecule is O=C(OCC(=O)N1CCOCC1)c1sc2cc(Cl)ccc2c1Cl. The van der Waals surface area contributed by atoms with Crippen molar-refractivity contribution in [1.82, 2.24) is 4.90 Å². The Morgan fingerprint density at radius 1 is 1.26 bits per heavy atom. The van der Waals surface area contributed by atoms with Crippen LogP contribution in [0.2, 0.25) is 10.0 Å². The fourth-order valence-electron chi connectivity index (χ4n) is 2.27. The highest BCUT2D eigenvalue weighted by atomic mass is 35.5. The van der Waals surface area contributed by atoms with E-state index in [1.807, 2.05) is 0 Å². The molecule has 1 aromatic carbocycles. The zero-order valence-corrected chi connectivity index (χ0v) is 14.3. The average molecular weight is 374 g/mol. The summed E-state index contributed by atoms with van der Waals surface area (Å²) in [4.78, 5) is 26.1. The number of thiophene rings is 1. The fourth-order valence-corrected chi connectivity index (χ4v) is 3.95. The topological polar surface area (TPSA) is 55.8 Å². The van der Waals surface area contributed by atoms with E-state index in [1.54, 1.807) is 23.1 Å². The Bertz CT molecular complexity index is 755. The van der Waals surface area contributed by atoms with Crippen LogP contribution in [0.3, 0.4) is 0 Å². The van der Waals surface area contributed by atoms with E-state index in [2.05, 4.69) is 0 Å². The van der Waals surface area contributed by atoms with E-state index < -0.39 is 5.97 Å². The van der Waals surface area contributed by atoms with Gasteiger partial charge in [-0.1, -0.05) is 29.3 Å². The highest BCUT2D eigenvalue weighted by molar-refractivity contribution is 7.21. The minimum Gasteiger partial charge on any atom is -0.451 e. The van der Waals surface area contributed by atoms with Crippen LogP contribution in [-0.4, -0.2) is 49.7 Å². The van der Waals surface area contributed by atoms with E-state index in [0.29, 0.717) is 36.3 Å². The molecule has 2 heterocycles. The molecule has 122 valence electrons. The number of amides is 1. The van der Waals surface area contributed by atoms with Crippen molar-refractivity contribution in [2.24, 2.45) is 0 Å². The Balaban J connectivity index is 1.68. The van der Waals surface area contributed by atoms with E-state index in [-0.39, 0.29) is 17.4 Å². The van der Waals surface area contributed by atoms with Gasteiger partial charge in [-0.15, -0.1) is 11.3 Å². The molecule has 2 aromatic rings. The molecule has 3 rings (SSSR count). The summed E-state index contributed by atoms with van der Waals surface area (Å²) in [6, 6.07) is 5.20. The number of carbonyl (C=O) groups is 2. The number of halogens is 2. The summed E-state index contributed by atoms with van der Waals surface area (Å²) in [6.07, 6.45) is 0. The average Bonchev–Trinajstić information content (AvgIpc) is 2.89. The van der Waals surface area contributed by atoms with Crippen molar-refractivity contribution in [2.45, 2.75) is 0 Å². The van der Waals surface area contributed by atoms with Crippen molar-refractivity contribution in [3.05, 3.63) is 33.1 Å². The Hall–Kier alpha value is -1.34. The molecular formula is C15H13Cl2NO4S. The minimum atomic E-state index is -0.603. The van der Waals surface area contributed by atoms with E-state index in [0.717, 1.165) is 10.1 Å². The maximum absolute atomic E-state index is 12.2. The zero-order valence-electron chi connectivity index (χ0n) is 12.0. The smallest absolute Gasteiger partial charge is 0.350 e. The molecule has 0 spiro atoms. The molecule has 5 nitrogen and oxygen atoms in total. The van der Waals surface area contributed by atoms with Crippen molar-refractivity contribution in [1.29, 1.82) is 0 Å². The molecule has 1 fully saturated rings. The summed E-state index contributed by atoms with van der Waals surface area (Å²) in [5.41, 5.74) is 0. The minimum absolute atomic E-state index is 0.234. The Labute approximate surface area is 146 Å². The second-order valence-corrected chi connectivity index (χ2v) is 6.82. The van der Waals surface area contributed by atoms with Gasteiger partial charge in [-0.3, -0.25) is 4.79 Å². The lowest BCUT2D eigenvalue weighted by Crippen LogP contribution is -2.42. The van der Waals surface area contributed by atoms with Crippen LogP contribution in [0.4, 0.5) is 0 Å². The van der Waals surface area contributed by atoms with Crippen molar-refractivity contribution in [3.8, 4) is 0 Å². The maximum Gasteiger partial charge on any atom is 0.350 e. The zero-order chi connectivity index (χ0) is 16.4. The summed E-state index contributed by atoms with van der Waals surface area (Å²) in [5, 5.41) is 1.64. The number of rotatable bonds is 3. The third-order valence-electron chi connectivity index (χ3n) is 3.47. The normalized spacial score (nSPS) is 15.0. The predicted octanol–water partition coefficient (Wildman–Crippen LogP) is 3.22. The molecule has 1 saturated heterocycles. The van der Waals surface area contributed by atoms with Gasteiger partial charge >= 0.3 is 5.97 Å². The summed E-state index contributed by atoms with van der Waals surface area (Å²) in [7, 11) is 0. The third kappa shape index (κ3) is 3.61. The first-order valence-electron chi connectivity index (χ1n) is 6.96. The van der Waals surface area contributed by atoms with Crippen molar-refractivity contribution >= 4 is 56.5 Å². The van der Waals surface area contributed by atoms with Gasteiger partial charge in [0.25, 0.3) is 5.91 Å². The fraction of sp³-hybridized carbons (Fsp3) is 0.333. The van der Waals surface area contributed by atoms with E-state index in [9.17, 15) is 9.59 Å². The molecule has 0 aliphatic carbocycles. The molecular weight excluding hydrogens is 361 g/mol. The number of carbonyl (C=O) groups excluding carboxylic acids is 2. The highest BCUT2D eigenvalue weighted by Crippen LogP contribution is 2.37. The van der Waals surface area contributed by atoms with Gasteiger partial charge in [0.1, 0.15) is 4.88 Å². The summed E-state index contributed by atoms with van der Waals surface area (Å²) < 4.78 is 11.1. The van der Waals surface area contributed by atoms with Gasteiger partial charge in [0.05, 0.1) is 18.2 Å². The number of benzene rings is 1. The van der Waals surface area contributed by atoms with Gasteiger partial charge < -0.3 is 14.4 Å². The third-order valence-corrected chi connectivity index (χ3v) is 5.34. The van der Waals surface area contributed by atoms with Gasteiger partial charge in [0.15, 0.2) is 6.61 Å². The highest BCUT2D eigenvalue weighted by Gasteiger charge is 2.22. The molecule has 1 amide bonds. The molecule has 23 heavy (non-hydrogen) atoms. The molecule has 1 aliphatic heterocycles. The van der Waals surface area contributed by atoms with Gasteiger partial charge in [-0.05, 0) is 12.1 Å². The van der Waals surface area contributed by atoms with E-state index in [1.165, 1.54) is 11.3 Å². The molecule has 0 bridgehead atoms. The van der Waals surface area contributed by atoms with E-state index >= 15 is 0 Å². The number of nitrogens with zero attached hydrogens (tertiary/aromatic N) is 1. The molecule has 0 N–H and O–H groups in total. The second kappa shape index (κ2) is 7.05. The molecule has 0 unspecified atom stereocenters. The summed E-state index contributed by atoms with van der Waals surface area (Å²) in [6.45, 7) is 1.73. The molecule has 1 aliphatic rings. The lowest BCUT2D eigenvalue weighted by molar-refractivity contribution is -0.138. The standard InChI is InChI=1S/C15H13Cl2NO4S/c16-9-1-2-10-11(7-9)23-14(13(10)17)15(20)22-8-12(19)18-3-5-21-6-4-18/h1-2,7H,3-6,8H2. The number of fused-ring (bicyclic) bond motifs is 1. The predicted molar refractivity (Wildman–Crippen MR) is 89.5 cm³/mol. The van der Waals surface area contributed by atoms with Gasteiger partial charge in [-0.2, -0.15) is 0 Å². The largest absolute Gasteiger partial charge is 0.451 e. The monoisotopic (exact) mass is 373 g/mol. The molecule has 8 heteroatoms. The first kappa shape index (κ1) is 16.5. The van der Waals surface area contributed by atoms with Crippen LogP contribution >= 0.6 is 34.5 Å². The van der Waals surface area contributed by atoms with Gasteiger partial charge in [0, 0.05) is 28.2 Å². The van der Waals surface area contributed by atoms with Crippen molar-refractivity contribution in [2.75, 3.05) is 32.9 Å². The molecule has 1 aromatic heterocycles. The summed E-state index contributed by atoms with van der Waals surface area (Å²) >= 11 is 13.4. The molecule has 0 atom stereocenters. The van der Waals surface area contributed by atoms with Crippen LogP contribution in [0.1, 0.15) is 9.67 Å². The Kier molecular flexibility index (Phi) is 5.06. The van der Waals surface area contributed by atoms with Crippen LogP contribution in [-0.2, 0) is 14.3 Å². The number of hydrogen-bond donors (Lipinski definition) is 0. The Morgan fingerprint density at radius 3 is 2.74 bits per heavy atom. The number of morpholine rings is 1. The molecule has 0 radical (unpaired) electrons. The lowest BCUT2D eigenvalue weighted by Gasteiger charge is -2.26.